The lowest BCUT2D eigenvalue weighted by Gasteiger charge is -2.13. The number of hydrogen-bond acceptors (Lipinski definition) is 7. The molecule has 0 N–H and O–H groups in total. The molecular formula is C18H15N3O2S2. The van der Waals surface area contributed by atoms with Gasteiger partial charge in [-0.05, 0) is 23.8 Å². The number of fused-ring (bicyclic) bond motifs is 1. The van der Waals surface area contributed by atoms with Crippen LogP contribution in [0.4, 0.5) is 5.69 Å². The van der Waals surface area contributed by atoms with Crippen molar-refractivity contribution in [1.29, 1.82) is 0 Å². The zero-order valence-electron chi connectivity index (χ0n) is 13.5. The maximum absolute atomic E-state index is 5.37. The molecule has 0 aliphatic carbocycles. The van der Waals surface area contributed by atoms with Gasteiger partial charge in [0.15, 0.2) is 0 Å². The molecule has 0 fully saturated rings. The molecule has 2 heterocycles. The van der Waals surface area contributed by atoms with Crippen LogP contribution in [-0.2, 0) is 11.5 Å². The van der Waals surface area contributed by atoms with Crippen LogP contribution in [0, 0.1) is 0 Å². The first-order chi connectivity index (χ1) is 12.3. The molecule has 0 saturated carbocycles. The Labute approximate surface area is 153 Å². The molecule has 0 unspecified atom stereocenters. The van der Waals surface area contributed by atoms with Gasteiger partial charge in [0, 0.05) is 11.3 Å². The van der Waals surface area contributed by atoms with Crippen molar-refractivity contribution in [2.24, 2.45) is 4.99 Å². The number of rotatable bonds is 4. The molecule has 1 aliphatic rings. The van der Waals surface area contributed by atoms with E-state index in [9.17, 15) is 0 Å². The summed E-state index contributed by atoms with van der Waals surface area (Å²) in [6.07, 6.45) is 0. The van der Waals surface area contributed by atoms with E-state index in [1.165, 1.54) is 5.56 Å². The Morgan fingerprint density at radius 3 is 3.04 bits per heavy atom. The predicted molar refractivity (Wildman–Crippen MR) is 102 cm³/mol. The van der Waals surface area contributed by atoms with E-state index in [2.05, 4.69) is 21.2 Å². The lowest BCUT2D eigenvalue weighted by Crippen LogP contribution is -1.96. The maximum Gasteiger partial charge on any atom is 0.237 e. The average molecular weight is 369 g/mol. The van der Waals surface area contributed by atoms with Crippen LogP contribution in [-0.4, -0.2) is 21.6 Å². The van der Waals surface area contributed by atoms with Gasteiger partial charge in [0.2, 0.25) is 11.7 Å². The van der Waals surface area contributed by atoms with Crippen molar-refractivity contribution in [2.45, 2.75) is 11.5 Å². The highest BCUT2D eigenvalue weighted by Crippen LogP contribution is 2.35. The molecule has 2 aromatic carbocycles. The quantitative estimate of drug-likeness (QED) is 0.651. The number of ether oxygens (including phenoxy) is 1. The van der Waals surface area contributed by atoms with Crippen LogP contribution >= 0.6 is 23.5 Å². The maximum atomic E-state index is 5.37. The number of methoxy groups -OCH3 is 1. The summed E-state index contributed by atoms with van der Waals surface area (Å²) in [7, 11) is 1.64. The van der Waals surface area contributed by atoms with Crippen LogP contribution in [0.25, 0.3) is 11.4 Å². The van der Waals surface area contributed by atoms with Crippen molar-refractivity contribution in [3.8, 4) is 17.1 Å². The zero-order chi connectivity index (χ0) is 17.1. The van der Waals surface area contributed by atoms with Gasteiger partial charge in [0.25, 0.3) is 0 Å². The summed E-state index contributed by atoms with van der Waals surface area (Å²) in [5, 5.41) is 4.06. The number of aromatic nitrogens is 2. The van der Waals surface area contributed by atoms with Gasteiger partial charge in [-0.15, -0.1) is 0 Å². The van der Waals surface area contributed by atoms with Crippen LogP contribution in [0.5, 0.6) is 5.75 Å². The summed E-state index contributed by atoms with van der Waals surface area (Å²) in [4.78, 5) is 9.15. The molecule has 1 aliphatic heterocycles. The van der Waals surface area contributed by atoms with Crippen molar-refractivity contribution in [3.05, 3.63) is 60.0 Å². The van der Waals surface area contributed by atoms with Crippen LogP contribution in [0.2, 0.25) is 0 Å². The summed E-state index contributed by atoms with van der Waals surface area (Å²) in [6, 6.07) is 15.8. The van der Waals surface area contributed by atoms with E-state index in [1.54, 1.807) is 30.6 Å². The van der Waals surface area contributed by atoms with Gasteiger partial charge in [-0.3, -0.25) is 0 Å². The zero-order valence-corrected chi connectivity index (χ0v) is 15.1. The Morgan fingerprint density at radius 2 is 2.12 bits per heavy atom. The van der Waals surface area contributed by atoms with Crippen molar-refractivity contribution in [2.75, 3.05) is 7.11 Å². The minimum absolute atomic E-state index is 0.568. The first-order valence-electron chi connectivity index (χ1n) is 7.71. The van der Waals surface area contributed by atoms with Gasteiger partial charge in [0.1, 0.15) is 10.1 Å². The molecule has 0 amide bonds. The van der Waals surface area contributed by atoms with Crippen molar-refractivity contribution >= 4 is 33.6 Å². The van der Waals surface area contributed by atoms with Gasteiger partial charge in [-0.25, -0.2) is 4.99 Å². The van der Waals surface area contributed by atoms with E-state index in [1.807, 2.05) is 42.5 Å². The lowest BCUT2D eigenvalue weighted by molar-refractivity contribution is 0.391. The SMILES string of the molecule is COc1cccc(-c2noc(CSC3=Nc4ccccc4CS3)n2)c1. The fourth-order valence-electron chi connectivity index (χ4n) is 2.40. The molecule has 7 heteroatoms. The molecule has 4 rings (SSSR count). The molecule has 1 aromatic heterocycles. The minimum Gasteiger partial charge on any atom is -0.497 e. The van der Waals surface area contributed by atoms with Crippen LogP contribution in [0.1, 0.15) is 11.5 Å². The molecule has 5 nitrogen and oxygen atoms in total. The molecule has 3 aromatic rings. The molecule has 0 radical (unpaired) electrons. The fourth-order valence-corrected chi connectivity index (χ4v) is 4.30. The fraction of sp³-hybridized carbons (Fsp3) is 0.167. The molecule has 25 heavy (non-hydrogen) atoms. The topological polar surface area (TPSA) is 60.5 Å². The van der Waals surface area contributed by atoms with Crippen LogP contribution < -0.4 is 4.74 Å². The Balaban J connectivity index is 1.44. The number of thioether (sulfide) groups is 2. The molecule has 0 bridgehead atoms. The Morgan fingerprint density at radius 1 is 1.20 bits per heavy atom. The van der Waals surface area contributed by atoms with E-state index in [0.717, 1.165) is 27.1 Å². The Bertz CT molecular complexity index is 924. The normalized spacial score (nSPS) is 13.2. The van der Waals surface area contributed by atoms with Gasteiger partial charge in [-0.2, -0.15) is 4.98 Å². The van der Waals surface area contributed by atoms with E-state index in [4.69, 9.17) is 9.26 Å². The summed E-state index contributed by atoms with van der Waals surface area (Å²) < 4.78 is 11.6. The Hall–Kier alpha value is -2.25. The largest absolute Gasteiger partial charge is 0.497 e. The van der Waals surface area contributed by atoms with Crippen molar-refractivity contribution in [1.82, 2.24) is 10.1 Å². The third-order valence-corrected chi connectivity index (χ3v) is 5.90. The first kappa shape index (κ1) is 16.2. The minimum atomic E-state index is 0.568. The molecule has 0 atom stereocenters. The highest BCUT2D eigenvalue weighted by atomic mass is 32.2. The smallest absolute Gasteiger partial charge is 0.237 e. The van der Waals surface area contributed by atoms with Crippen molar-refractivity contribution in [3.63, 3.8) is 0 Å². The van der Waals surface area contributed by atoms with E-state index >= 15 is 0 Å². The third-order valence-electron chi connectivity index (χ3n) is 3.67. The van der Waals surface area contributed by atoms with E-state index in [0.29, 0.717) is 17.5 Å². The van der Waals surface area contributed by atoms with E-state index < -0.39 is 0 Å². The number of para-hydroxylation sites is 1. The van der Waals surface area contributed by atoms with Gasteiger partial charge in [0.05, 0.1) is 18.6 Å². The third kappa shape index (κ3) is 3.72. The second kappa shape index (κ2) is 7.33. The Kier molecular flexibility index (Phi) is 4.76. The summed E-state index contributed by atoms with van der Waals surface area (Å²) in [5.74, 6) is 3.47. The lowest BCUT2D eigenvalue weighted by atomic mass is 10.2. The summed E-state index contributed by atoms with van der Waals surface area (Å²) in [6.45, 7) is 0. The highest BCUT2D eigenvalue weighted by molar-refractivity contribution is 8.38. The highest BCUT2D eigenvalue weighted by Gasteiger charge is 2.15. The van der Waals surface area contributed by atoms with Crippen LogP contribution in [0.15, 0.2) is 58.0 Å². The molecule has 126 valence electrons. The predicted octanol–water partition coefficient (Wildman–Crippen LogP) is 4.91. The standard InChI is InChI=1S/C18H15N3O2S2/c1-22-14-7-4-6-12(9-14)17-20-16(23-21-17)11-25-18-19-15-8-3-2-5-13(15)10-24-18/h2-9H,10-11H2,1H3. The first-order valence-corrected chi connectivity index (χ1v) is 9.68. The van der Waals surface area contributed by atoms with Crippen LogP contribution in [0.3, 0.4) is 0 Å². The number of nitrogens with zero attached hydrogens (tertiary/aromatic N) is 3. The molecule has 0 spiro atoms. The second-order valence-corrected chi connectivity index (χ2v) is 7.51. The van der Waals surface area contributed by atoms with Gasteiger partial charge >= 0.3 is 0 Å². The van der Waals surface area contributed by atoms with E-state index in [-0.39, 0.29) is 0 Å². The second-order valence-electron chi connectivity index (χ2n) is 5.33. The summed E-state index contributed by atoms with van der Waals surface area (Å²) >= 11 is 3.36. The average Bonchev–Trinajstić information content (AvgIpc) is 3.15. The number of benzene rings is 2. The van der Waals surface area contributed by atoms with Crippen molar-refractivity contribution < 1.29 is 9.26 Å². The van der Waals surface area contributed by atoms with Gasteiger partial charge < -0.3 is 9.26 Å². The molecule has 0 saturated heterocycles. The number of hydrogen-bond donors (Lipinski definition) is 0. The van der Waals surface area contributed by atoms with Gasteiger partial charge in [-0.1, -0.05) is 59.0 Å². The molecular weight excluding hydrogens is 354 g/mol. The summed E-state index contributed by atoms with van der Waals surface area (Å²) in [5.41, 5.74) is 3.19. The monoisotopic (exact) mass is 369 g/mol. The number of aliphatic imine (C=N–C) groups is 1.